The van der Waals surface area contributed by atoms with Crippen LogP contribution in [0.5, 0.6) is 0 Å². The van der Waals surface area contributed by atoms with E-state index >= 15 is 0 Å². The molecule has 146 valence electrons. The van der Waals surface area contributed by atoms with Crippen molar-refractivity contribution in [2.45, 2.75) is 75.3 Å². The molecule has 0 amide bonds. The summed E-state index contributed by atoms with van der Waals surface area (Å²) in [6.07, 6.45) is -14.6. The third-order valence-electron chi connectivity index (χ3n) is 4.21. The number of hydrogen-bond donors (Lipinski definition) is 6. The lowest BCUT2D eigenvalue weighted by Gasteiger charge is -2.45. The molecule has 0 saturated carbocycles. The SMILES string of the molecule is CC(=O)OCC1OC(O)C(O)C(OC2OC(C)C(O)C(O)C2O)C1O. The summed E-state index contributed by atoms with van der Waals surface area (Å²) in [5, 5.41) is 59.4. The van der Waals surface area contributed by atoms with Crippen LogP contribution < -0.4 is 0 Å². The van der Waals surface area contributed by atoms with Crippen molar-refractivity contribution in [2.24, 2.45) is 0 Å². The molecule has 10 unspecified atom stereocenters. The number of esters is 1. The molecule has 0 aromatic heterocycles. The maximum atomic E-state index is 10.9. The van der Waals surface area contributed by atoms with E-state index in [0.29, 0.717) is 0 Å². The van der Waals surface area contributed by atoms with E-state index in [4.69, 9.17) is 18.9 Å². The summed E-state index contributed by atoms with van der Waals surface area (Å²) in [4.78, 5) is 10.9. The Bertz CT molecular complexity index is 460. The lowest BCUT2D eigenvalue weighted by molar-refractivity contribution is -0.352. The van der Waals surface area contributed by atoms with Crippen LogP contribution in [-0.2, 0) is 23.7 Å². The molecule has 0 bridgehead atoms. The Morgan fingerprint density at radius 2 is 1.56 bits per heavy atom. The molecule has 10 atom stereocenters. The lowest BCUT2D eigenvalue weighted by atomic mass is 9.97. The molecule has 6 N–H and O–H groups in total. The molecule has 2 saturated heterocycles. The highest BCUT2D eigenvalue weighted by atomic mass is 16.7. The van der Waals surface area contributed by atoms with Crippen LogP contribution in [-0.4, -0.2) is 105 Å². The zero-order valence-electron chi connectivity index (χ0n) is 13.7. The fourth-order valence-electron chi connectivity index (χ4n) is 2.69. The molecule has 2 aliphatic rings. The number of ether oxygens (including phenoxy) is 4. The van der Waals surface area contributed by atoms with Gasteiger partial charge in [-0.15, -0.1) is 0 Å². The maximum Gasteiger partial charge on any atom is 0.302 e. The second kappa shape index (κ2) is 8.20. The predicted octanol–water partition coefficient (Wildman–Crippen LogP) is -3.80. The fourth-order valence-corrected chi connectivity index (χ4v) is 2.69. The molecule has 2 fully saturated rings. The first-order valence-corrected chi connectivity index (χ1v) is 7.81. The van der Waals surface area contributed by atoms with Crippen LogP contribution in [0.1, 0.15) is 13.8 Å². The topological polar surface area (TPSA) is 175 Å². The van der Waals surface area contributed by atoms with Gasteiger partial charge in [-0.05, 0) is 6.92 Å². The van der Waals surface area contributed by atoms with Gasteiger partial charge in [0.25, 0.3) is 0 Å². The van der Waals surface area contributed by atoms with Crippen molar-refractivity contribution < 1.29 is 54.4 Å². The van der Waals surface area contributed by atoms with E-state index in [1.54, 1.807) is 0 Å². The number of aliphatic hydroxyl groups excluding tert-OH is 6. The first-order valence-electron chi connectivity index (χ1n) is 7.81. The lowest BCUT2D eigenvalue weighted by Crippen LogP contribution is -2.64. The predicted molar refractivity (Wildman–Crippen MR) is 76.8 cm³/mol. The summed E-state index contributed by atoms with van der Waals surface area (Å²) in [6.45, 7) is 2.19. The number of hydrogen-bond acceptors (Lipinski definition) is 11. The van der Waals surface area contributed by atoms with Crippen LogP contribution >= 0.6 is 0 Å². The summed E-state index contributed by atoms with van der Waals surface area (Å²) < 4.78 is 20.3. The third kappa shape index (κ3) is 4.45. The number of rotatable bonds is 4. The highest BCUT2D eigenvalue weighted by Crippen LogP contribution is 2.28. The van der Waals surface area contributed by atoms with E-state index in [2.05, 4.69) is 0 Å². The second-order valence-electron chi connectivity index (χ2n) is 6.13. The Labute approximate surface area is 143 Å². The minimum Gasteiger partial charge on any atom is -0.463 e. The van der Waals surface area contributed by atoms with Crippen LogP contribution in [0.15, 0.2) is 0 Å². The second-order valence-corrected chi connectivity index (χ2v) is 6.13. The van der Waals surface area contributed by atoms with Crippen LogP contribution in [0.25, 0.3) is 0 Å². The van der Waals surface area contributed by atoms with Crippen LogP contribution in [0.2, 0.25) is 0 Å². The van der Waals surface area contributed by atoms with E-state index in [-0.39, 0.29) is 0 Å². The standard InChI is InChI=1S/C14H24O11/c1-4-7(16)9(18)10(19)14(23-4)25-12-8(17)6(3-22-5(2)15)24-13(21)11(12)20/h4,6-14,16-21H,3H2,1-2H3. The van der Waals surface area contributed by atoms with Crippen LogP contribution in [0.3, 0.4) is 0 Å². The normalized spacial score (nSPS) is 48.2. The molecular formula is C14H24O11. The molecule has 2 aliphatic heterocycles. The molecule has 0 radical (unpaired) electrons. The zero-order valence-corrected chi connectivity index (χ0v) is 13.7. The number of carbonyl (C=O) groups excluding carboxylic acids is 1. The summed E-state index contributed by atoms with van der Waals surface area (Å²) in [5.74, 6) is -0.633. The fraction of sp³-hybridized carbons (Fsp3) is 0.929. The summed E-state index contributed by atoms with van der Waals surface area (Å²) in [6, 6.07) is 0. The summed E-state index contributed by atoms with van der Waals surface area (Å²) >= 11 is 0. The number of carbonyl (C=O) groups is 1. The molecule has 11 nitrogen and oxygen atoms in total. The van der Waals surface area contributed by atoms with Gasteiger partial charge in [0.05, 0.1) is 6.10 Å². The van der Waals surface area contributed by atoms with Gasteiger partial charge in [-0.1, -0.05) is 0 Å². The molecule has 0 aromatic carbocycles. The van der Waals surface area contributed by atoms with Gasteiger partial charge in [0.2, 0.25) is 0 Å². The molecule has 0 spiro atoms. The van der Waals surface area contributed by atoms with Crippen molar-refractivity contribution in [3.05, 3.63) is 0 Å². The third-order valence-corrected chi connectivity index (χ3v) is 4.21. The minimum atomic E-state index is -1.75. The van der Waals surface area contributed by atoms with Gasteiger partial charge in [0, 0.05) is 6.92 Å². The smallest absolute Gasteiger partial charge is 0.302 e. The molecular weight excluding hydrogens is 344 g/mol. The Morgan fingerprint density at radius 1 is 0.920 bits per heavy atom. The van der Waals surface area contributed by atoms with E-state index in [9.17, 15) is 35.4 Å². The Kier molecular flexibility index (Phi) is 6.70. The first kappa shape index (κ1) is 20.4. The van der Waals surface area contributed by atoms with Gasteiger partial charge < -0.3 is 49.6 Å². The van der Waals surface area contributed by atoms with Crippen LogP contribution in [0, 0.1) is 0 Å². The van der Waals surface area contributed by atoms with Crippen molar-refractivity contribution in [1.82, 2.24) is 0 Å². The largest absolute Gasteiger partial charge is 0.463 e. The zero-order chi connectivity index (χ0) is 18.9. The van der Waals surface area contributed by atoms with Gasteiger partial charge in [-0.3, -0.25) is 4.79 Å². The summed E-state index contributed by atoms with van der Waals surface area (Å²) in [5.41, 5.74) is 0. The highest BCUT2D eigenvalue weighted by Gasteiger charge is 2.49. The van der Waals surface area contributed by atoms with Crippen molar-refractivity contribution in [3.63, 3.8) is 0 Å². The van der Waals surface area contributed by atoms with E-state index < -0.39 is 74.0 Å². The van der Waals surface area contributed by atoms with E-state index in [0.717, 1.165) is 6.92 Å². The monoisotopic (exact) mass is 368 g/mol. The van der Waals surface area contributed by atoms with E-state index in [1.807, 2.05) is 0 Å². The van der Waals surface area contributed by atoms with Gasteiger partial charge in [-0.2, -0.15) is 0 Å². The maximum absolute atomic E-state index is 10.9. The first-order chi connectivity index (χ1) is 11.6. The molecule has 11 heteroatoms. The van der Waals surface area contributed by atoms with E-state index in [1.165, 1.54) is 6.92 Å². The molecule has 0 aromatic rings. The van der Waals surface area contributed by atoms with Crippen molar-refractivity contribution in [3.8, 4) is 0 Å². The average Bonchev–Trinajstić information content (AvgIpc) is 2.56. The highest BCUT2D eigenvalue weighted by molar-refractivity contribution is 5.65. The molecule has 25 heavy (non-hydrogen) atoms. The summed E-state index contributed by atoms with van der Waals surface area (Å²) in [7, 11) is 0. The molecule has 0 aliphatic carbocycles. The molecule has 2 rings (SSSR count). The van der Waals surface area contributed by atoms with Gasteiger partial charge in [0.15, 0.2) is 12.6 Å². The van der Waals surface area contributed by atoms with Gasteiger partial charge in [0.1, 0.15) is 49.3 Å². The van der Waals surface area contributed by atoms with Crippen LogP contribution in [0.4, 0.5) is 0 Å². The van der Waals surface area contributed by atoms with Gasteiger partial charge in [-0.25, -0.2) is 0 Å². The minimum absolute atomic E-state index is 0.397. The average molecular weight is 368 g/mol. The number of aliphatic hydroxyl groups is 6. The quantitative estimate of drug-likeness (QED) is 0.268. The molecule has 2 heterocycles. The van der Waals surface area contributed by atoms with Gasteiger partial charge >= 0.3 is 5.97 Å². The Balaban J connectivity index is 2.08. The van der Waals surface area contributed by atoms with Crippen molar-refractivity contribution >= 4 is 5.97 Å². The Morgan fingerprint density at radius 3 is 2.16 bits per heavy atom. The van der Waals surface area contributed by atoms with Crippen molar-refractivity contribution in [2.75, 3.05) is 6.61 Å². The van der Waals surface area contributed by atoms with Crippen molar-refractivity contribution in [1.29, 1.82) is 0 Å². The Hall–Kier alpha value is -0.890.